The lowest BCUT2D eigenvalue weighted by Gasteiger charge is -2.21. The molecule has 2 aromatic carbocycles. The maximum atomic E-state index is 13.2. The number of hydrogen-bond acceptors (Lipinski definition) is 7. The minimum absolute atomic E-state index is 0.0542. The minimum atomic E-state index is -0.0647. The second-order valence-corrected chi connectivity index (χ2v) is 11.2. The lowest BCUT2D eigenvalue weighted by atomic mass is 10.1. The number of aliphatic imine (C=N–C) groups is 1. The predicted octanol–water partition coefficient (Wildman–Crippen LogP) is 5.45. The number of ether oxygens (including phenoxy) is 4. The van der Waals surface area contributed by atoms with Crippen LogP contribution in [0.5, 0.6) is 23.0 Å². The molecule has 0 spiro atoms. The Balaban J connectivity index is 1.02. The average molecular weight is 572 g/mol. The molecule has 2 fully saturated rings. The smallest absolute Gasteiger partial charge is 0.257 e. The number of nitrogens with zero attached hydrogens (tertiary/aromatic N) is 3. The van der Waals surface area contributed by atoms with Gasteiger partial charge in [-0.15, -0.1) is 0 Å². The number of fused-ring (bicyclic) bond motifs is 4. The van der Waals surface area contributed by atoms with Gasteiger partial charge in [-0.1, -0.05) is 24.3 Å². The largest absolute Gasteiger partial charge is 0.493 e. The van der Waals surface area contributed by atoms with Gasteiger partial charge in [0.15, 0.2) is 23.0 Å². The third-order valence-corrected chi connectivity index (χ3v) is 8.38. The van der Waals surface area contributed by atoms with Gasteiger partial charge < -0.3 is 28.7 Å². The molecular weight excluding hydrogens is 534 g/mol. The highest BCUT2D eigenvalue weighted by Gasteiger charge is 2.34. The molecule has 4 aliphatic rings. The van der Waals surface area contributed by atoms with Crippen molar-refractivity contribution in [2.24, 2.45) is 4.99 Å². The van der Waals surface area contributed by atoms with E-state index < -0.39 is 0 Å². The van der Waals surface area contributed by atoms with Crippen LogP contribution in [0.25, 0.3) is 6.08 Å². The summed E-state index contributed by atoms with van der Waals surface area (Å²) in [5, 5.41) is 0. The lowest BCUT2D eigenvalue weighted by Crippen LogP contribution is -2.35. The molecule has 1 unspecified atom stereocenters. The van der Waals surface area contributed by atoms with Gasteiger partial charge >= 0.3 is 0 Å². The van der Waals surface area contributed by atoms with Crippen molar-refractivity contribution in [3.63, 3.8) is 0 Å². The van der Waals surface area contributed by atoms with Crippen LogP contribution in [0.15, 0.2) is 47.5 Å². The Morgan fingerprint density at radius 1 is 0.857 bits per heavy atom. The van der Waals surface area contributed by atoms with E-state index in [2.05, 4.69) is 17.6 Å². The van der Waals surface area contributed by atoms with E-state index in [1.165, 1.54) is 0 Å². The van der Waals surface area contributed by atoms with Gasteiger partial charge in [0.25, 0.3) is 11.8 Å². The summed E-state index contributed by atoms with van der Waals surface area (Å²) in [6, 6.07) is 7.34. The van der Waals surface area contributed by atoms with Crippen LogP contribution >= 0.6 is 0 Å². The van der Waals surface area contributed by atoms with Crippen molar-refractivity contribution in [3.8, 4) is 23.0 Å². The first-order valence-electron chi connectivity index (χ1n) is 14.7. The molecule has 0 aliphatic carbocycles. The van der Waals surface area contributed by atoms with Crippen LogP contribution in [0.4, 0.5) is 5.69 Å². The summed E-state index contributed by atoms with van der Waals surface area (Å²) >= 11 is 0. The number of methoxy groups -OCH3 is 2. The number of hydrogen-bond donors (Lipinski definition) is 0. The van der Waals surface area contributed by atoms with E-state index in [0.29, 0.717) is 59.6 Å². The van der Waals surface area contributed by atoms with Crippen LogP contribution < -0.4 is 18.9 Å². The SMILES string of the molecule is C=C1CC2C=Nc3cc(OCCCCCOc4cc5c(cc4OC)C(=O)N4CCC[C@H]4C=C5)c(OC)cc3C(=O)N2C1. The summed E-state index contributed by atoms with van der Waals surface area (Å²) in [6.45, 7) is 6.39. The number of benzene rings is 2. The third kappa shape index (κ3) is 5.35. The van der Waals surface area contributed by atoms with E-state index in [4.69, 9.17) is 18.9 Å². The Morgan fingerprint density at radius 3 is 2.29 bits per heavy atom. The molecule has 0 aromatic heterocycles. The van der Waals surface area contributed by atoms with E-state index in [0.717, 1.165) is 56.2 Å². The first-order valence-corrected chi connectivity index (χ1v) is 14.7. The van der Waals surface area contributed by atoms with Crippen LogP contribution in [-0.4, -0.2) is 80.4 Å². The number of amides is 2. The van der Waals surface area contributed by atoms with Crippen molar-refractivity contribution in [1.82, 2.24) is 9.80 Å². The molecular formula is C33H37N3O6. The zero-order valence-electron chi connectivity index (χ0n) is 24.3. The molecule has 0 saturated carbocycles. The maximum absolute atomic E-state index is 13.2. The fourth-order valence-corrected chi connectivity index (χ4v) is 6.14. The second kappa shape index (κ2) is 11.9. The molecule has 9 heteroatoms. The Kier molecular flexibility index (Phi) is 7.91. The van der Waals surface area contributed by atoms with Gasteiger partial charge in [0.2, 0.25) is 0 Å². The van der Waals surface area contributed by atoms with Crippen molar-refractivity contribution in [2.75, 3.05) is 40.5 Å². The molecule has 42 heavy (non-hydrogen) atoms. The molecule has 9 nitrogen and oxygen atoms in total. The summed E-state index contributed by atoms with van der Waals surface area (Å²) in [4.78, 5) is 34.6. The van der Waals surface area contributed by atoms with E-state index in [9.17, 15) is 9.59 Å². The summed E-state index contributed by atoms with van der Waals surface area (Å²) in [5.41, 5.74) is 3.66. The molecule has 0 radical (unpaired) electrons. The van der Waals surface area contributed by atoms with Gasteiger partial charge in [0.05, 0.1) is 56.3 Å². The van der Waals surface area contributed by atoms with Gasteiger partial charge in [-0.3, -0.25) is 14.6 Å². The van der Waals surface area contributed by atoms with Crippen LogP contribution in [-0.2, 0) is 0 Å². The van der Waals surface area contributed by atoms with Gasteiger partial charge in [-0.2, -0.15) is 0 Å². The molecule has 2 aromatic rings. The molecule has 6 rings (SSSR count). The molecule has 2 saturated heterocycles. The van der Waals surface area contributed by atoms with Crippen molar-refractivity contribution in [1.29, 1.82) is 0 Å². The van der Waals surface area contributed by atoms with Crippen molar-refractivity contribution in [3.05, 3.63) is 59.2 Å². The second-order valence-electron chi connectivity index (χ2n) is 11.2. The molecule has 0 bridgehead atoms. The van der Waals surface area contributed by atoms with Crippen LogP contribution in [0.2, 0.25) is 0 Å². The normalized spacial score (nSPS) is 20.5. The van der Waals surface area contributed by atoms with Crippen molar-refractivity contribution in [2.45, 2.75) is 50.6 Å². The molecule has 220 valence electrons. The quantitative estimate of drug-likeness (QED) is 0.278. The van der Waals surface area contributed by atoms with Crippen molar-refractivity contribution >= 4 is 29.8 Å². The fourth-order valence-electron chi connectivity index (χ4n) is 6.14. The monoisotopic (exact) mass is 571 g/mol. The average Bonchev–Trinajstić information content (AvgIpc) is 3.57. The standard InChI is InChI=1S/C33H37N3O6/c1-21-14-24-19-34-27-18-31(29(40-3)17-26(27)33(38)36(24)20-21)42-13-6-4-5-12-41-30-15-22-9-10-23-8-7-11-35(23)32(37)25(22)16-28(30)39-2/h9-10,15-19,23-24H,1,4-8,11-14,20H2,2-3H3/t23-,24?/m0/s1. The van der Waals surface area contributed by atoms with Gasteiger partial charge in [-0.05, 0) is 62.3 Å². The summed E-state index contributed by atoms with van der Waals surface area (Å²) in [7, 11) is 3.17. The summed E-state index contributed by atoms with van der Waals surface area (Å²) in [5.74, 6) is 2.28. The number of unbranched alkanes of at least 4 members (excludes halogenated alkanes) is 2. The van der Waals surface area contributed by atoms with E-state index in [-0.39, 0.29) is 23.9 Å². The number of carbonyl (C=O) groups excluding carboxylic acids is 2. The Bertz CT molecular complexity index is 1460. The predicted molar refractivity (Wildman–Crippen MR) is 161 cm³/mol. The van der Waals surface area contributed by atoms with Gasteiger partial charge in [0.1, 0.15) is 0 Å². The molecule has 4 heterocycles. The Morgan fingerprint density at radius 2 is 1.55 bits per heavy atom. The molecule has 0 N–H and O–H groups in total. The zero-order valence-corrected chi connectivity index (χ0v) is 24.3. The Labute approximate surface area is 246 Å². The Hall–Kier alpha value is -4.27. The highest BCUT2D eigenvalue weighted by Crippen LogP contribution is 2.39. The molecule has 2 atom stereocenters. The molecule has 4 aliphatic heterocycles. The van der Waals surface area contributed by atoms with Crippen LogP contribution in [0.1, 0.15) is 64.8 Å². The highest BCUT2D eigenvalue weighted by molar-refractivity contribution is 6.04. The lowest BCUT2D eigenvalue weighted by molar-refractivity contribution is 0.0760. The summed E-state index contributed by atoms with van der Waals surface area (Å²) in [6.07, 6.45) is 11.3. The zero-order chi connectivity index (χ0) is 29.2. The first-order chi connectivity index (χ1) is 20.5. The number of carbonyl (C=O) groups is 2. The summed E-state index contributed by atoms with van der Waals surface area (Å²) < 4.78 is 23.3. The first kappa shape index (κ1) is 27.9. The highest BCUT2D eigenvalue weighted by atomic mass is 16.5. The van der Waals surface area contributed by atoms with E-state index >= 15 is 0 Å². The third-order valence-electron chi connectivity index (χ3n) is 8.38. The van der Waals surface area contributed by atoms with Crippen molar-refractivity contribution < 1.29 is 28.5 Å². The van der Waals surface area contributed by atoms with E-state index in [1.807, 2.05) is 23.3 Å². The van der Waals surface area contributed by atoms with Gasteiger partial charge in [-0.25, -0.2) is 0 Å². The fraction of sp³-hybridized carbons (Fsp3) is 0.424. The maximum Gasteiger partial charge on any atom is 0.257 e. The van der Waals surface area contributed by atoms with Crippen LogP contribution in [0, 0.1) is 0 Å². The molecule has 2 amide bonds. The van der Waals surface area contributed by atoms with E-state index in [1.54, 1.807) is 37.3 Å². The van der Waals surface area contributed by atoms with Crippen LogP contribution in [0.3, 0.4) is 0 Å². The number of rotatable bonds is 10. The van der Waals surface area contributed by atoms with Gasteiger partial charge in [0, 0.05) is 25.4 Å². The topological polar surface area (TPSA) is 89.9 Å². The minimum Gasteiger partial charge on any atom is -0.493 e.